The lowest BCUT2D eigenvalue weighted by atomic mass is 10.3. The lowest BCUT2D eigenvalue weighted by Crippen LogP contribution is -2.24. The van der Waals surface area contributed by atoms with E-state index in [4.69, 9.17) is 5.73 Å². The topological polar surface area (TPSA) is 71.2 Å². The summed E-state index contributed by atoms with van der Waals surface area (Å²) in [6.07, 6.45) is 3.07. The highest BCUT2D eigenvalue weighted by Gasteiger charge is 2.17. The normalized spacial score (nSPS) is 10.4. The number of aromatic nitrogens is 1. The highest BCUT2D eigenvalue weighted by Crippen LogP contribution is 2.27. The van der Waals surface area contributed by atoms with Gasteiger partial charge in [-0.05, 0) is 12.8 Å². The van der Waals surface area contributed by atoms with Crippen LogP contribution in [0.3, 0.4) is 0 Å². The first-order valence-electron chi connectivity index (χ1n) is 6.35. The quantitative estimate of drug-likeness (QED) is 0.744. The first-order chi connectivity index (χ1) is 8.60. The molecule has 0 atom stereocenters. The van der Waals surface area contributed by atoms with Crippen LogP contribution in [0.4, 0.5) is 10.9 Å². The molecule has 0 aliphatic heterocycles. The molecular formula is C12H22N4OS. The third-order valence-corrected chi connectivity index (χ3v) is 3.73. The molecule has 102 valence electrons. The van der Waals surface area contributed by atoms with Gasteiger partial charge in [0.1, 0.15) is 10.7 Å². The van der Waals surface area contributed by atoms with Gasteiger partial charge in [-0.2, -0.15) is 0 Å². The van der Waals surface area contributed by atoms with Crippen molar-refractivity contribution in [3.8, 4) is 0 Å². The number of unbranched alkanes of at least 4 members (excludes halogenated alkanes) is 1. The summed E-state index contributed by atoms with van der Waals surface area (Å²) in [6.45, 7) is 5.79. The fraction of sp³-hybridized carbons (Fsp3) is 0.667. The molecule has 1 aromatic rings. The van der Waals surface area contributed by atoms with Gasteiger partial charge in [-0.1, -0.05) is 31.6 Å². The summed E-state index contributed by atoms with van der Waals surface area (Å²) < 4.78 is 0. The largest absolute Gasteiger partial charge is 0.382 e. The van der Waals surface area contributed by atoms with Gasteiger partial charge in [0.2, 0.25) is 0 Å². The molecule has 1 rings (SSSR count). The van der Waals surface area contributed by atoms with E-state index >= 15 is 0 Å². The molecule has 0 fully saturated rings. The maximum Gasteiger partial charge on any atom is 0.265 e. The van der Waals surface area contributed by atoms with Gasteiger partial charge in [-0.3, -0.25) is 4.79 Å². The fourth-order valence-electron chi connectivity index (χ4n) is 1.54. The number of hydrogen-bond acceptors (Lipinski definition) is 5. The Morgan fingerprint density at radius 3 is 2.78 bits per heavy atom. The summed E-state index contributed by atoms with van der Waals surface area (Å²) in [5.74, 6) is 0.210. The first-order valence-corrected chi connectivity index (χ1v) is 7.17. The molecule has 3 N–H and O–H groups in total. The number of carbonyl (C=O) groups is 1. The SMILES string of the molecule is CCCCNC(=O)c1sc(N(C)CCC)nc1N. The van der Waals surface area contributed by atoms with E-state index in [1.54, 1.807) is 0 Å². The smallest absolute Gasteiger partial charge is 0.265 e. The maximum atomic E-state index is 11.9. The molecule has 0 aromatic carbocycles. The maximum absolute atomic E-state index is 11.9. The van der Waals surface area contributed by atoms with E-state index in [-0.39, 0.29) is 5.91 Å². The molecule has 0 saturated carbocycles. The Bertz CT molecular complexity index is 391. The van der Waals surface area contributed by atoms with Crippen molar-refractivity contribution in [1.29, 1.82) is 0 Å². The van der Waals surface area contributed by atoms with Crippen LogP contribution in [0.2, 0.25) is 0 Å². The van der Waals surface area contributed by atoms with Crippen LogP contribution in [-0.2, 0) is 0 Å². The van der Waals surface area contributed by atoms with Gasteiger partial charge in [0.15, 0.2) is 5.13 Å². The van der Waals surface area contributed by atoms with Crippen molar-refractivity contribution < 1.29 is 4.79 Å². The second-order valence-corrected chi connectivity index (χ2v) is 5.22. The van der Waals surface area contributed by atoms with Crippen molar-refractivity contribution in [1.82, 2.24) is 10.3 Å². The number of nitrogens with zero attached hydrogens (tertiary/aromatic N) is 2. The molecule has 6 heteroatoms. The minimum atomic E-state index is -0.116. The van der Waals surface area contributed by atoms with Crippen LogP contribution < -0.4 is 16.0 Å². The van der Waals surface area contributed by atoms with Crippen LogP contribution in [0.1, 0.15) is 42.8 Å². The first kappa shape index (κ1) is 14.8. The monoisotopic (exact) mass is 270 g/mol. The van der Waals surface area contributed by atoms with Crippen molar-refractivity contribution >= 4 is 28.2 Å². The zero-order chi connectivity index (χ0) is 13.5. The lowest BCUT2D eigenvalue weighted by molar-refractivity contribution is 0.0958. The number of amides is 1. The summed E-state index contributed by atoms with van der Waals surface area (Å²) in [6, 6.07) is 0. The molecular weight excluding hydrogens is 248 g/mol. The predicted molar refractivity (Wildman–Crippen MR) is 77.3 cm³/mol. The van der Waals surface area contributed by atoms with Crippen LogP contribution in [0.25, 0.3) is 0 Å². The third-order valence-electron chi connectivity index (χ3n) is 2.55. The molecule has 1 amide bonds. The van der Waals surface area contributed by atoms with E-state index in [9.17, 15) is 4.79 Å². The lowest BCUT2D eigenvalue weighted by Gasteiger charge is -2.13. The molecule has 5 nitrogen and oxygen atoms in total. The van der Waals surface area contributed by atoms with Gasteiger partial charge in [-0.15, -0.1) is 0 Å². The zero-order valence-corrected chi connectivity index (χ0v) is 12.1. The Morgan fingerprint density at radius 2 is 2.17 bits per heavy atom. The van der Waals surface area contributed by atoms with Gasteiger partial charge in [0.05, 0.1) is 0 Å². The van der Waals surface area contributed by atoms with E-state index < -0.39 is 0 Å². The number of nitrogen functional groups attached to an aromatic ring is 1. The van der Waals surface area contributed by atoms with Crippen molar-refractivity contribution in [3.05, 3.63) is 4.88 Å². The van der Waals surface area contributed by atoms with Crippen LogP contribution in [0.15, 0.2) is 0 Å². The second-order valence-electron chi connectivity index (χ2n) is 4.24. The molecule has 0 radical (unpaired) electrons. The van der Waals surface area contributed by atoms with Crippen molar-refractivity contribution in [3.63, 3.8) is 0 Å². The van der Waals surface area contributed by atoms with Crippen molar-refractivity contribution in [2.75, 3.05) is 30.8 Å². The van der Waals surface area contributed by atoms with E-state index in [0.29, 0.717) is 17.2 Å². The van der Waals surface area contributed by atoms with Crippen LogP contribution in [-0.4, -0.2) is 31.0 Å². The van der Waals surface area contributed by atoms with Gasteiger partial charge in [-0.25, -0.2) is 4.98 Å². The molecule has 1 heterocycles. The molecule has 0 aliphatic carbocycles. The average Bonchev–Trinajstić information content (AvgIpc) is 2.72. The molecule has 0 unspecified atom stereocenters. The van der Waals surface area contributed by atoms with Crippen LogP contribution in [0.5, 0.6) is 0 Å². The zero-order valence-electron chi connectivity index (χ0n) is 11.3. The summed E-state index contributed by atoms with van der Waals surface area (Å²) in [5, 5.41) is 3.66. The Kier molecular flexibility index (Phi) is 5.91. The summed E-state index contributed by atoms with van der Waals surface area (Å²) in [4.78, 5) is 18.7. The predicted octanol–water partition coefficient (Wildman–Crippen LogP) is 2.10. The number of rotatable bonds is 7. The van der Waals surface area contributed by atoms with Crippen molar-refractivity contribution in [2.45, 2.75) is 33.1 Å². The van der Waals surface area contributed by atoms with Crippen molar-refractivity contribution in [2.24, 2.45) is 0 Å². The third kappa shape index (κ3) is 3.87. The molecule has 0 aliphatic rings. The van der Waals surface area contributed by atoms with Crippen LogP contribution >= 0.6 is 11.3 Å². The molecule has 18 heavy (non-hydrogen) atoms. The molecule has 0 spiro atoms. The highest BCUT2D eigenvalue weighted by atomic mass is 32.1. The summed E-state index contributed by atoms with van der Waals surface area (Å²) >= 11 is 1.35. The average molecular weight is 270 g/mol. The van der Waals surface area contributed by atoms with E-state index in [0.717, 1.165) is 30.9 Å². The molecule has 0 saturated heterocycles. The van der Waals surface area contributed by atoms with E-state index in [1.165, 1.54) is 11.3 Å². The standard InChI is InChI=1S/C12H22N4OS/c1-4-6-7-14-11(17)9-10(13)15-12(18-9)16(3)8-5-2/h4-8,13H2,1-3H3,(H,14,17). The Balaban J connectivity index is 2.68. The minimum Gasteiger partial charge on any atom is -0.382 e. The van der Waals surface area contributed by atoms with Gasteiger partial charge >= 0.3 is 0 Å². The second kappa shape index (κ2) is 7.20. The number of nitrogens with one attached hydrogen (secondary N) is 1. The van der Waals surface area contributed by atoms with Gasteiger partial charge < -0.3 is 16.0 Å². The van der Waals surface area contributed by atoms with Gasteiger partial charge in [0, 0.05) is 20.1 Å². The fourth-order valence-corrected chi connectivity index (χ4v) is 2.42. The van der Waals surface area contributed by atoms with E-state index in [1.807, 2.05) is 11.9 Å². The Morgan fingerprint density at radius 1 is 1.44 bits per heavy atom. The summed E-state index contributed by atoms with van der Waals surface area (Å²) in [7, 11) is 1.96. The Hall–Kier alpha value is -1.30. The number of carbonyl (C=O) groups excluding carboxylic acids is 1. The molecule has 0 bridgehead atoms. The van der Waals surface area contributed by atoms with Gasteiger partial charge in [0.25, 0.3) is 5.91 Å². The number of hydrogen-bond donors (Lipinski definition) is 2. The highest BCUT2D eigenvalue weighted by molar-refractivity contribution is 7.18. The number of thiazole rings is 1. The number of nitrogens with two attached hydrogens (primary N) is 1. The molecule has 1 aromatic heterocycles. The number of anilines is 2. The summed E-state index contributed by atoms with van der Waals surface area (Å²) in [5.41, 5.74) is 5.79. The minimum absolute atomic E-state index is 0.116. The Labute approximate surface area is 112 Å². The van der Waals surface area contributed by atoms with Crippen LogP contribution in [0, 0.1) is 0 Å². The van der Waals surface area contributed by atoms with E-state index in [2.05, 4.69) is 24.1 Å².